The second kappa shape index (κ2) is 10.1. The number of hydrogen-bond donors (Lipinski definition) is 3. The third-order valence-electron chi connectivity index (χ3n) is 4.92. The molecule has 1 aliphatic rings. The van der Waals surface area contributed by atoms with Crippen molar-refractivity contribution in [2.24, 2.45) is 5.92 Å². The number of nitrogens with one attached hydrogen (secondary N) is 3. The van der Waals surface area contributed by atoms with Gasteiger partial charge in [0.1, 0.15) is 0 Å². The molecule has 0 bridgehead atoms. The van der Waals surface area contributed by atoms with Crippen LogP contribution in [0.1, 0.15) is 24.4 Å². The number of rotatable bonds is 9. The lowest BCUT2D eigenvalue weighted by Gasteiger charge is -2.27. The number of aromatic nitrogens is 1. The molecule has 2 aromatic rings. The van der Waals surface area contributed by atoms with Gasteiger partial charge in [0.05, 0.1) is 44.9 Å². The van der Waals surface area contributed by atoms with Crippen molar-refractivity contribution >= 4 is 34.6 Å². The lowest BCUT2D eigenvalue weighted by molar-refractivity contribution is -0.111. The molecular weight excluding hydrogens is 416 g/mol. The third-order valence-corrected chi connectivity index (χ3v) is 5.14. The smallest absolute Gasteiger partial charge is 0.247 e. The Kier molecular flexibility index (Phi) is 7.30. The number of pyridine rings is 1. The maximum Gasteiger partial charge on any atom is 0.247 e. The van der Waals surface area contributed by atoms with E-state index in [1.165, 1.54) is 13.2 Å². The number of carbonyl (C=O) groups excluding carboxylic acids is 1. The zero-order valence-corrected chi connectivity index (χ0v) is 18.5. The normalized spacial score (nSPS) is 13.5. The summed E-state index contributed by atoms with van der Waals surface area (Å²) in [6.45, 7) is 3.54. The molecule has 1 atom stereocenters. The highest BCUT2D eigenvalue weighted by Crippen LogP contribution is 2.52. The number of nitrogens with zero attached hydrogens (tertiary/aromatic N) is 1. The van der Waals surface area contributed by atoms with Crippen molar-refractivity contribution < 1.29 is 19.0 Å². The Hall–Kier alpha value is -3.33. The van der Waals surface area contributed by atoms with Gasteiger partial charge in [0.25, 0.3) is 0 Å². The van der Waals surface area contributed by atoms with E-state index in [-0.39, 0.29) is 11.9 Å². The van der Waals surface area contributed by atoms with E-state index in [4.69, 9.17) is 26.4 Å². The molecule has 1 unspecified atom stereocenters. The van der Waals surface area contributed by atoms with Gasteiger partial charge in [-0.25, -0.2) is 0 Å². The molecular formula is C22H26N4O4S. The van der Waals surface area contributed by atoms with E-state index in [1.54, 1.807) is 32.7 Å². The summed E-state index contributed by atoms with van der Waals surface area (Å²) in [5.41, 5.74) is 2.04. The monoisotopic (exact) mass is 442 g/mol. The number of thiocarbonyl (C=S) groups is 1. The molecule has 0 saturated heterocycles. The second-order valence-corrected chi connectivity index (χ2v) is 7.36. The fraction of sp³-hybridized carbons (Fsp3) is 0.318. The molecule has 1 saturated carbocycles. The largest absolute Gasteiger partial charge is 0.493 e. The Labute approximate surface area is 187 Å². The lowest BCUT2D eigenvalue weighted by atomic mass is 9.97. The average Bonchev–Trinajstić information content (AvgIpc) is 3.62. The standard InChI is InChI=1S/C22H26N4O4S/c1-5-17(27)25-15-11-16(28-2)20(29-3)21(30-4)18(15)19(13-8-9-13)26-22(31)24-14-7-6-10-23-12-14/h5-7,10-13,19H,1,8-9H2,2-4H3,(H,25,27)(H2,24,26,31). The van der Waals surface area contributed by atoms with E-state index in [2.05, 4.69) is 27.5 Å². The van der Waals surface area contributed by atoms with Crippen LogP contribution in [-0.4, -0.2) is 37.3 Å². The molecule has 1 aliphatic carbocycles. The summed E-state index contributed by atoms with van der Waals surface area (Å²) in [7, 11) is 4.62. The van der Waals surface area contributed by atoms with E-state index in [9.17, 15) is 4.79 Å². The van der Waals surface area contributed by atoms with Crippen molar-refractivity contribution in [2.75, 3.05) is 32.0 Å². The molecule has 1 amide bonds. The molecule has 0 spiro atoms. The van der Waals surface area contributed by atoms with Gasteiger partial charge >= 0.3 is 0 Å². The minimum atomic E-state index is -0.346. The number of anilines is 2. The first-order valence-corrected chi connectivity index (χ1v) is 10.2. The molecule has 1 fully saturated rings. The average molecular weight is 443 g/mol. The minimum Gasteiger partial charge on any atom is -0.493 e. The fourth-order valence-electron chi connectivity index (χ4n) is 3.37. The summed E-state index contributed by atoms with van der Waals surface area (Å²) in [4.78, 5) is 16.2. The first-order valence-electron chi connectivity index (χ1n) is 9.76. The van der Waals surface area contributed by atoms with Crippen LogP contribution in [0.4, 0.5) is 11.4 Å². The van der Waals surface area contributed by atoms with Crippen molar-refractivity contribution in [1.82, 2.24) is 10.3 Å². The Bertz CT molecular complexity index is 964. The number of methoxy groups -OCH3 is 3. The third kappa shape index (κ3) is 5.24. The number of amides is 1. The predicted molar refractivity (Wildman–Crippen MR) is 124 cm³/mol. The van der Waals surface area contributed by atoms with Crippen LogP contribution >= 0.6 is 12.2 Å². The van der Waals surface area contributed by atoms with Crippen molar-refractivity contribution in [3.63, 3.8) is 0 Å². The van der Waals surface area contributed by atoms with Crippen LogP contribution < -0.4 is 30.2 Å². The molecule has 8 nitrogen and oxygen atoms in total. The van der Waals surface area contributed by atoms with E-state index >= 15 is 0 Å². The molecule has 0 radical (unpaired) electrons. The van der Waals surface area contributed by atoms with E-state index in [0.717, 1.165) is 24.1 Å². The maximum atomic E-state index is 12.2. The number of carbonyl (C=O) groups is 1. The van der Waals surface area contributed by atoms with Gasteiger partial charge in [0.15, 0.2) is 16.6 Å². The molecule has 1 heterocycles. The summed E-state index contributed by atoms with van der Waals surface area (Å²) in [6.07, 6.45) is 6.62. The van der Waals surface area contributed by atoms with Crippen molar-refractivity contribution in [2.45, 2.75) is 18.9 Å². The molecule has 31 heavy (non-hydrogen) atoms. The van der Waals surface area contributed by atoms with Crippen LogP contribution in [-0.2, 0) is 4.79 Å². The maximum absolute atomic E-state index is 12.2. The highest BCUT2D eigenvalue weighted by molar-refractivity contribution is 7.80. The molecule has 1 aromatic heterocycles. The Morgan fingerprint density at radius 3 is 2.52 bits per heavy atom. The molecule has 9 heteroatoms. The quantitative estimate of drug-likeness (QED) is 0.400. The van der Waals surface area contributed by atoms with E-state index < -0.39 is 0 Å². The van der Waals surface area contributed by atoms with Crippen molar-refractivity contribution in [3.05, 3.63) is 48.8 Å². The predicted octanol–water partition coefficient (Wildman–Crippen LogP) is 3.67. The molecule has 3 N–H and O–H groups in total. The number of benzene rings is 1. The van der Waals surface area contributed by atoms with Crippen molar-refractivity contribution in [3.8, 4) is 17.2 Å². The zero-order chi connectivity index (χ0) is 22.4. The summed E-state index contributed by atoms with van der Waals surface area (Å²) >= 11 is 5.55. The Balaban J connectivity index is 2.03. The van der Waals surface area contributed by atoms with Crippen LogP contribution in [0.25, 0.3) is 0 Å². The Morgan fingerprint density at radius 1 is 1.23 bits per heavy atom. The van der Waals surface area contributed by atoms with Crippen LogP contribution in [0.15, 0.2) is 43.2 Å². The molecule has 164 valence electrons. The molecule has 3 rings (SSSR count). The van der Waals surface area contributed by atoms with Crippen LogP contribution in [0.2, 0.25) is 0 Å². The van der Waals surface area contributed by atoms with Gasteiger partial charge in [-0.2, -0.15) is 0 Å². The first kappa shape index (κ1) is 22.4. The van der Waals surface area contributed by atoms with E-state index in [1.807, 2.05) is 12.1 Å². The highest BCUT2D eigenvalue weighted by atomic mass is 32.1. The van der Waals surface area contributed by atoms with Gasteiger partial charge in [-0.15, -0.1) is 0 Å². The summed E-state index contributed by atoms with van der Waals surface area (Å²) in [6, 6.07) is 5.18. The summed E-state index contributed by atoms with van der Waals surface area (Å²) in [5.74, 6) is 1.30. The number of hydrogen-bond acceptors (Lipinski definition) is 6. The van der Waals surface area contributed by atoms with Gasteiger partial charge in [0, 0.05) is 17.8 Å². The van der Waals surface area contributed by atoms with Gasteiger partial charge < -0.3 is 30.2 Å². The van der Waals surface area contributed by atoms with Crippen molar-refractivity contribution in [1.29, 1.82) is 0 Å². The van der Waals surface area contributed by atoms with Crippen LogP contribution in [0, 0.1) is 5.92 Å². The van der Waals surface area contributed by atoms with Crippen LogP contribution in [0.3, 0.4) is 0 Å². The van der Waals surface area contributed by atoms with Gasteiger partial charge in [-0.05, 0) is 49.2 Å². The zero-order valence-electron chi connectivity index (χ0n) is 17.7. The SMILES string of the molecule is C=CC(=O)Nc1cc(OC)c(OC)c(OC)c1C(NC(=S)Nc1cccnc1)C1CC1. The first-order chi connectivity index (χ1) is 15.0. The van der Waals surface area contributed by atoms with Gasteiger partial charge in [-0.3, -0.25) is 9.78 Å². The van der Waals surface area contributed by atoms with Gasteiger partial charge in [0.2, 0.25) is 11.7 Å². The van der Waals surface area contributed by atoms with Crippen LogP contribution in [0.5, 0.6) is 17.2 Å². The van der Waals surface area contributed by atoms with Gasteiger partial charge in [-0.1, -0.05) is 6.58 Å². The fourth-order valence-corrected chi connectivity index (χ4v) is 3.62. The Morgan fingerprint density at radius 2 is 1.97 bits per heavy atom. The highest BCUT2D eigenvalue weighted by Gasteiger charge is 2.38. The van der Waals surface area contributed by atoms with E-state index in [0.29, 0.717) is 34.0 Å². The summed E-state index contributed by atoms with van der Waals surface area (Å²) in [5, 5.41) is 9.81. The number of ether oxygens (including phenoxy) is 3. The molecule has 1 aromatic carbocycles. The lowest BCUT2D eigenvalue weighted by Crippen LogP contribution is -2.34. The molecule has 0 aliphatic heterocycles. The second-order valence-electron chi connectivity index (χ2n) is 6.96. The minimum absolute atomic E-state index is 0.230. The topological polar surface area (TPSA) is 93.7 Å². The summed E-state index contributed by atoms with van der Waals surface area (Å²) < 4.78 is 16.8.